The Morgan fingerprint density at radius 3 is 2.30 bits per heavy atom. The Morgan fingerprint density at radius 2 is 1.60 bits per heavy atom. The normalized spacial score (nSPS) is 11.7. The molecule has 0 aliphatic rings. The molecule has 102 valence electrons. The number of fused-ring (bicyclic) bond motifs is 1. The Balaban J connectivity index is 2.30. The van der Waals surface area contributed by atoms with E-state index in [0.717, 1.165) is 10.9 Å². The number of sulfone groups is 1. The molecule has 2 aromatic carbocycles. The Hall–Kier alpha value is -2.27. The van der Waals surface area contributed by atoms with Crippen molar-refractivity contribution in [2.24, 2.45) is 0 Å². The van der Waals surface area contributed by atoms with Crippen molar-refractivity contribution >= 4 is 20.7 Å². The maximum atomic E-state index is 12.7. The highest BCUT2D eigenvalue weighted by molar-refractivity contribution is 7.91. The minimum absolute atomic E-state index is 0.243. The van der Waals surface area contributed by atoms with E-state index >= 15 is 0 Å². The maximum Gasteiger partial charge on any atom is 0.223 e. The quantitative estimate of drug-likeness (QED) is 0.805. The molecule has 0 saturated carbocycles. The largest absolute Gasteiger partial charge is 0.328 e. The summed E-state index contributed by atoms with van der Waals surface area (Å²) in [5, 5.41) is 1.13. The summed E-state index contributed by atoms with van der Waals surface area (Å²) in [6.07, 6.45) is 0. The Labute approximate surface area is 117 Å². The fourth-order valence-electron chi connectivity index (χ4n) is 2.28. The number of hydrogen-bond acceptors (Lipinski definition) is 3. The minimum Gasteiger partial charge on any atom is -0.328 e. The Morgan fingerprint density at radius 1 is 0.950 bits per heavy atom. The van der Waals surface area contributed by atoms with Gasteiger partial charge >= 0.3 is 0 Å². The van der Waals surface area contributed by atoms with Gasteiger partial charge in [0.15, 0.2) is 5.03 Å². The second-order valence-corrected chi connectivity index (χ2v) is 6.31. The van der Waals surface area contributed by atoms with Crippen LogP contribution in [0.3, 0.4) is 0 Å². The van der Waals surface area contributed by atoms with E-state index in [9.17, 15) is 8.42 Å². The van der Waals surface area contributed by atoms with Crippen LogP contribution in [0.1, 0.15) is 0 Å². The van der Waals surface area contributed by atoms with Crippen LogP contribution in [0.5, 0.6) is 0 Å². The first-order chi connectivity index (χ1) is 9.64. The summed E-state index contributed by atoms with van der Waals surface area (Å²) in [5.41, 5.74) is 3.77. The van der Waals surface area contributed by atoms with E-state index in [1.54, 1.807) is 48.1 Å². The van der Waals surface area contributed by atoms with Gasteiger partial charge in [0.25, 0.3) is 0 Å². The fourth-order valence-corrected chi connectivity index (χ4v) is 3.75. The van der Waals surface area contributed by atoms with Crippen molar-refractivity contribution in [1.29, 1.82) is 0 Å². The van der Waals surface area contributed by atoms with Gasteiger partial charge in [-0.2, -0.15) is 0 Å². The number of nitrogens with one attached hydrogen (secondary N) is 1. The summed E-state index contributed by atoms with van der Waals surface area (Å²) in [4.78, 5) is 0.291. The SMILES string of the molecule is CNn1c(S(=O)(=O)c2ccccc2)cc2ccccc21. The van der Waals surface area contributed by atoms with Crippen molar-refractivity contribution in [3.63, 3.8) is 0 Å². The molecule has 1 heterocycles. The zero-order valence-corrected chi connectivity index (χ0v) is 11.8. The van der Waals surface area contributed by atoms with E-state index in [2.05, 4.69) is 5.43 Å². The molecule has 0 amide bonds. The molecule has 0 aliphatic carbocycles. The third kappa shape index (κ3) is 1.87. The molecule has 1 aromatic heterocycles. The van der Waals surface area contributed by atoms with Crippen molar-refractivity contribution < 1.29 is 8.42 Å². The molecular weight excluding hydrogens is 272 g/mol. The summed E-state index contributed by atoms with van der Waals surface area (Å²) in [5.74, 6) is 0. The van der Waals surface area contributed by atoms with Crippen LogP contribution < -0.4 is 5.43 Å². The number of aromatic nitrogens is 1. The molecule has 0 spiro atoms. The van der Waals surface area contributed by atoms with Gasteiger partial charge in [0.1, 0.15) is 0 Å². The molecule has 1 N–H and O–H groups in total. The predicted molar refractivity (Wildman–Crippen MR) is 79.1 cm³/mol. The molecule has 0 radical (unpaired) electrons. The summed E-state index contributed by atoms with van der Waals surface area (Å²) in [7, 11) is -1.84. The van der Waals surface area contributed by atoms with E-state index in [-0.39, 0.29) is 5.03 Å². The smallest absolute Gasteiger partial charge is 0.223 e. The zero-order chi connectivity index (χ0) is 14.2. The summed E-state index contributed by atoms with van der Waals surface area (Å²) < 4.78 is 27.0. The highest BCUT2D eigenvalue weighted by atomic mass is 32.2. The predicted octanol–water partition coefficient (Wildman–Crippen LogP) is 2.65. The fraction of sp³-hybridized carbons (Fsp3) is 0.0667. The molecule has 4 nitrogen and oxygen atoms in total. The van der Waals surface area contributed by atoms with Gasteiger partial charge in [-0.1, -0.05) is 36.4 Å². The van der Waals surface area contributed by atoms with Crippen LogP contribution in [-0.2, 0) is 9.84 Å². The van der Waals surface area contributed by atoms with Crippen LogP contribution in [0, 0.1) is 0 Å². The number of para-hydroxylation sites is 1. The van der Waals surface area contributed by atoms with Gasteiger partial charge in [-0.3, -0.25) is 0 Å². The summed E-state index contributed by atoms with van der Waals surface area (Å²) in [6.45, 7) is 0. The van der Waals surface area contributed by atoms with Crippen molar-refractivity contribution in [3.05, 3.63) is 60.7 Å². The lowest BCUT2D eigenvalue weighted by Gasteiger charge is -2.10. The molecule has 0 atom stereocenters. The third-order valence-corrected chi connectivity index (χ3v) is 4.97. The minimum atomic E-state index is -3.54. The van der Waals surface area contributed by atoms with Gasteiger partial charge < -0.3 is 5.43 Å². The van der Waals surface area contributed by atoms with Crippen molar-refractivity contribution in [2.45, 2.75) is 9.92 Å². The molecule has 0 aliphatic heterocycles. The molecule has 3 aromatic rings. The topological polar surface area (TPSA) is 51.1 Å². The van der Waals surface area contributed by atoms with Crippen LogP contribution in [0.2, 0.25) is 0 Å². The summed E-state index contributed by atoms with van der Waals surface area (Å²) >= 11 is 0. The average Bonchev–Trinajstić information content (AvgIpc) is 2.87. The highest BCUT2D eigenvalue weighted by Crippen LogP contribution is 2.26. The molecule has 3 rings (SSSR count). The Kier molecular flexibility index (Phi) is 2.99. The lowest BCUT2D eigenvalue weighted by atomic mass is 10.3. The van der Waals surface area contributed by atoms with Crippen LogP contribution in [0.4, 0.5) is 0 Å². The molecule has 0 fully saturated rings. The maximum absolute atomic E-state index is 12.7. The number of rotatable bonds is 3. The zero-order valence-electron chi connectivity index (χ0n) is 10.9. The Bertz CT molecular complexity index is 852. The first-order valence-corrected chi connectivity index (χ1v) is 7.71. The van der Waals surface area contributed by atoms with Crippen molar-refractivity contribution in [2.75, 3.05) is 12.5 Å². The highest BCUT2D eigenvalue weighted by Gasteiger charge is 2.23. The van der Waals surface area contributed by atoms with E-state index in [4.69, 9.17) is 0 Å². The molecule has 0 saturated heterocycles. The first kappa shape index (κ1) is 12.7. The second-order valence-electron chi connectivity index (χ2n) is 4.42. The lowest BCUT2D eigenvalue weighted by Crippen LogP contribution is -2.16. The lowest BCUT2D eigenvalue weighted by molar-refractivity contribution is 0.588. The number of nitrogens with zero attached hydrogens (tertiary/aromatic N) is 1. The summed E-state index contributed by atoms with van der Waals surface area (Å²) in [6, 6.07) is 17.7. The molecular formula is C15H14N2O2S. The average molecular weight is 286 g/mol. The third-order valence-electron chi connectivity index (χ3n) is 3.23. The van der Waals surface area contributed by atoms with Gasteiger partial charge in [0.2, 0.25) is 9.84 Å². The first-order valence-electron chi connectivity index (χ1n) is 6.23. The van der Waals surface area contributed by atoms with Crippen LogP contribution in [0.25, 0.3) is 10.9 Å². The molecule has 5 heteroatoms. The van der Waals surface area contributed by atoms with Gasteiger partial charge in [0.05, 0.1) is 10.4 Å². The van der Waals surface area contributed by atoms with Gasteiger partial charge in [0, 0.05) is 12.4 Å². The second kappa shape index (κ2) is 4.68. The van der Waals surface area contributed by atoms with Gasteiger partial charge in [-0.15, -0.1) is 0 Å². The monoisotopic (exact) mass is 286 g/mol. The van der Waals surface area contributed by atoms with Crippen LogP contribution in [-0.4, -0.2) is 20.1 Å². The van der Waals surface area contributed by atoms with E-state index < -0.39 is 9.84 Å². The number of benzene rings is 2. The van der Waals surface area contributed by atoms with E-state index in [1.165, 1.54) is 0 Å². The molecule has 0 bridgehead atoms. The van der Waals surface area contributed by atoms with Gasteiger partial charge in [-0.05, 0) is 24.3 Å². The van der Waals surface area contributed by atoms with Crippen LogP contribution in [0.15, 0.2) is 70.6 Å². The van der Waals surface area contributed by atoms with Gasteiger partial charge in [-0.25, -0.2) is 13.1 Å². The van der Waals surface area contributed by atoms with E-state index in [0.29, 0.717) is 4.90 Å². The number of hydrogen-bond donors (Lipinski definition) is 1. The molecule has 0 unspecified atom stereocenters. The van der Waals surface area contributed by atoms with Crippen LogP contribution >= 0.6 is 0 Å². The van der Waals surface area contributed by atoms with E-state index in [1.807, 2.05) is 24.3 Å². The van der Waals surface area contributed by atoms with Crippen molar-refractivity contribution in [3.8, 4) is 0 Å². The molecule has 20 heavy (non-hydrogen) atoms. The van der Waals surface area contributed by atoms with Crippen molar-refractivity contribution in [1.82, 2.24) is 4.68 Å². The standard InChI is InChI=1S/C15H14N2O2S/c1-16-17-14-10-6-5-7-12(14)11-15(17)20(18,19)13-8-3-2-4-9-13/h2-11,16H,1H3.